The Morgan fingerprint density at radius 3 is 2.56 bits per heavy atom. The van der Waals surface area contributed by atoms with E-state index in [1.54, 1.807) is 0 Å². The minimum atomic E-state index is -1.02. The molecule has 3 rings (SSSR count). The van der Waals surface area contributed by atoms with E-state index in [0.717, 1.165) is 12.1 Å². The second kappa shape index (κ2) is 10.7. The maximum absolute atomic E-state index is 12.7. The van der Waals surface area contributed by atoms with Crippen molar-refractivity contribution in [3.8, 4) is 0 Å². The Morgan fingerprint density at radius 2 is 1.94 bits per heavy atom. The maximum atomic E-state index is 12.7. The number of likely N-dealkylation sites (N-methyl/N-ethyl adjacent to an activating group) is 1. The van der Waals surface area contributed by atoms with Crippen LogP contribution in [-0.4, -0.2) is 76.2 Å². The monoisotopic (exact) mass is 441 g/mol. The zero-order chi connectivity index (χ0) is 23.1. The van der Waals surface area contributed by atoms with Crippen LogP contribution in [0.25, 0.3) is 0 Å². The van der Waals surface area contributed by atoms with Crippen molar-refractivity contribution in [2.75, 3.05) is 45.6 Å². The van der Waals surface area contributed by atoms with Gasteiger partial charge in [0.1, 0.15) is 5.82 Å². The number of likely N-dealkylation sites (tertiary alicyclic amines) is 1. The number of anilines is 1. The summed E-state index contributed by atoms with van der Waals surface area (Å²) in [6.07, 6.45) is 2.81. The average Bonchev–Trinajstić information content (AvgIpc) is 2.76. The Morgan fingerprint density at radius 1 is 1.25 bits per heavy atom. The summed E-state index contributed by atoms with van der Waals surface area (Å²) in [5, 5.41) is 14.2. The average molecular weight is 442 g/mol. The van der Waals surface area contributed by atoms with E-state index in [4.69, 9.17) is 0 Å². The number of hydrogen-bond acceptors (Lipinski definition) is 6. The van der Waals surface area contributed by atoms with E-state index in [0.29, 0.717) is 44.7 Å². The topological polar surface area (TPSA) is 90.7 Å². The Labute approximate surface area is 189 Å². The predicted molar refractivity (Wildman–Crippen MR) is 126 cm³/mol. The first-order valence-corrected chi connectivity index (χ1v) is 11.3. The third-order valence-electron chi connectivity index (χ3n) is 6.11. The maximum Gasteiger partial charge on any atom is 0.255 e. The molecule has 8 nitrogen and oxygen atoms in total. The van der Waals surface area contributed by atoms with Gasteiger partial charge < -0.3 is 20.2 Å². The second-order valence-corrected chi connectivity index (χ2v) is 9.09. The van der Waals surface area contributed by atoms with E-state index in [2.05, 4.69) is 17.2 Å². The van der Waals surface area contributed by atoms with Crippen LogP contribution in [0.5, 0.6) is 0 Å². The number of nitrogens with zero attached hydrogens (tertiary/aromatic N) is 4. The number of carbonyl (C=O) groups excluding carboxylic acids is 1. The molecule has 174 valence electrons. The third-order valence-corrected chi connectivity index (χ3v) is 6.11. The number of piperidine rings is 1. The van der Waals surface area contributed by atoms with Gasteiger partial charge in [0.25, 0.3) is 5.56 Å². The highest BCUT2D eigenvalue weighted by molar-refractivity contribution is 5.77. The van der Waals surface area contributed by atoms with E-state index in [-0.39, 0.29) is 23.9 Å². The van der Waals surface area contributed by atoms with Gasteiger partial charge >= 0.3 is 0 Å². The minimum absolute atomic E-state index is 0.107. The van der Waals surface area contributed by atoms with E-state index in [1.165, 1.54) is 17.0 Å². The second-order valence-electron chi connectivity index (χ2n) is 9.09. The number of carbonyl (C=O) groups is 1. The molecule has 0 bridgehead atoms. The van der Waals surface area contributed by atoms with Crippen LogP contribution >= 0.6 is 0 Å². The highest BCUT2D eigenvalue weighted by atomic mass is 16.3. The number of amides is 1. The lowest BCUT2D eigenvalue weighted by Gasteiger charge is -2.38. The number of benzene rings is 1. The standard InChI is InChI=1S/C24H35N5O3/c1-19(20-7-5-4-6-8-20)15-22(30)28-12-9-24(32,10-13-28)17-29-18-26-21(16-23(29)31)25-11-14-27(2)3/h4-8,16,18-19,25,32H,9-15,17H2,1-3H3. The first kappa shape index (κ1) is 23.9. The lowest BCUT2D eigenvalue weighted by Crippen LogP contribution is -2.49. The molecule has 1 fully saturated rings. The fraction of sp³-hybridized carbons (Fsp3) is 0.542. The van der Waals surface area contributed by atoms with E-state index < -0.39 is 5.60 Å². The molecule has 2 aromatic rings. The van der Waals surface area contributed by atoms with Crippen molar-refractivity contribution in [1.82, 2.24) is 19.4 Å². The largest absolute Gasteiger partial charge is 0.388 e. The van der Waals surface area contributed by atoms with Crippen molar-refractivity contribution in [2.24, 2.45) is 0 Å². The Balaban J connectivity index is 1.51. The van der Waals surface area contributed by atoms with Crippen LogP contribution in [0.4, 0.5) is 5.82 Å². The molecule has 1 aromatic heterocycles. The van der Waals surface area contributed by atoms with Crippen LogP contribution < -0.4 is 10.9 Å². The van der Waals surface area contributed by atoms with Gasteiger partial charge in [-0.05, 0) is 38.4 Å². The summed E-state index contributed by atoms with van der Waals surface area (Å²) < 4.78 is 1.45. The Bertz CT molecular complexity index is 936. The first-order valence-electron chi connectivity index (χ1n) is 11.3. The van der Waals surface area contributed by atoms with Crippen molar-refractivity contribution in [1.29, 1.82) is 0 Å². The molecule has 32 heavy (non-hydrogen) atoms. The summed E-state index contributed by atoms with van der Waals surface area (Å²) in [6, 6.07) is 11.5. The van der Waals surface area contributed by atoms with Gasteiger partial charge in [-0.2, -0.15) is 0 Å². The molecule has 1 unspecified atom stereocenters. The number of nitrogens with one attached hydrogen (secondary N) is 1. The number of hydrogen-bond donors (Lipinski definition) is 2. The molecule has 1 amide bonds. The van der Waals surface area contributed by atoms with Gasteiger partial charge in [0, 0.05) is 38.7 Å². The van der Waals surface area contributed by atoms with Gasteiger partial charge in [0.05, 0.1) is 18.5 Å². The van der Waals surface area contributed by atoms with Crippen LogP contribution in [0.1, 0.15) is 37.7 Å². The molecule has 0 aliphatic carbocycles. The quantitative estimate of drug-likeness (QED) is 0.616. The van der Waals surface area contributed by atoms with Gasteiger partial charge in [0.2, 0.25) is 5.91 Å². The molecule has 1 aromatic carbocycles. The molecule has 0 radical (unpaired) electrons. The van der Waals surface area contributed by atoms with Gasteiger partial charge in [0.15, 0.2) is 0 Å². The number of aromatic nitrogens is 2. The molecule has 0 saturated carbocycles. The Kier molecular flexibility index (Phi) is 8.04. The van der Waals surface area contributed by atoms with E-state index >= 15 is 0 Å². The molecule has 1 atom stereocenters. The van der Waals surface area contributed by atoms with Gasteiger partial charge in [-0.15, -0.1) is 0 Å². The van der Waals surface area contributed by atoms with Crippen molar-refractivity contribution < 1.29 is 9.90 Å². The highest BCUT2D eigenvalue weighted by Gasteiger charge is 2.34. The molecule has 1 saturated heterocycles. The molecule has 2 N–H and O–H groups in total. The van der Waals surface area contributed by atoms with Crippen molar-refractivity contribution in [2.45, 2.75) is 44.2 Å². The van der Waals surface area contributed by atoms with Gasteiger partial charge in [-0.25, -0.2) is 4.98 Å². The SMILES string of the molecule is CC(CC(=O)N1CCC(O)(Cn2cnc(NCCN(C)C)cc2=O)CC1)c1ccccc1. The zero-order valence-electron chi connectivity index (χ0n) is 19.3. The lowest BCUT2D eigenvalue weighted by atomic mass is 9.90. The van der Waals surface area contributed by atoms with Crippen LogP contribution in [0.3, 0.4) is 0 Å². The van der Waals surface area contributed by atoms with Crippen LogP contribution in [0, 0.1) is 0 Å². The molecule has 1 aliphatic heterocycles. The molecule has 0 spiro atoms. The Hall–Kier alpha value is -2.71. The summed E-state index contributed by atoms with van der Waals surface area (Å²) in [7, 11) is 3.97. The molecule has 2 heterocycles. The van der Waals surface area contributed by atoms with Crippen molar-refractivity contribution in [3.63, 3.8) is 0 Å². The van der Waals surface area contributed by atoms with Gasteiger partial charge in [-0.1, -0.05) is 37.3 Å². The summed E-state index contributed by atoms with van der Waals surface area (Å²) in [4.78, 5) is 33.4. The van der Waals surface area contributed by atoms with Crippen LogP contribution in [0.15, 0.2) is 47.5 Å². The summed E-state index contributed by atoms with van der Waals surface area (Å²) >= 11 is 0. The fourth-order valence-electron chi connectivity index (χ4n) is 3.99. The van der Waals surface area contributed by atoms with E-state index in [1.807, 2.05) is 54.2 Å². The van der Waals surface area contributed by atoms with Crippen LogP contribution in [0.2, 0.25) is 0 Å². The number of aliphatic hydroxyl groups is 1. The van der Waals surface area contributed by atoms with Crippen molar-refractivity contribution >= 4 is 11.7 Å². The summed E-state index contributed by atoms with van der Waals surface area (Å²) in [6.45, 7) is 4.75. The first-order chi connectivity index (χ1) is 15.3. The van der Waals surface area contributed by atoms with Crippen molar-refractivity contribution in [3.05, 3.63) is 58.6 Å². The summed E-state index contributed by atoms with van der Waals surface area (Å²) in [5.41, 5.74) is -0.0652. The smallest absolute Gasteiger partial charge is 0.255 e. The summed E-state index contributed by atoms with van der Waals surface area (Å²) in [5.74, 6) is 0.794. The fourth-order valence-corrected chi connectivity index (χ4v) is 3.99. The minimum Gasteiger partial charge on any atom is -0.388 e. The number of rotatable bonds is 9. The molecule has 8 heteroatoms. The highest BCUT2D eigenvalue weighted by Crippen LogP contribution is 2.26. The van der Waals surface area contributed by atoms with Crippen LogP contribution in [-0.2, 0) is 11.3 Å². The van der Waals surface area contributed by atoms with Gasteiger partial charge in [-0.3, -0.25) is 14.2 Å². The third kappa shape index (κ3) is 6.64. The molecule has 1 aliphatic rings. The molecular weight excluding hydrogens is 406 g/mol. The zero-order valence-corrected chi connectivity index (χ0v) is 19.3. The normalized spacial score (nSPS) is 16.7. The predicted octanol–water partition coefficient (Wildman–Crippen LogP) is 1.76. The van der Waals surface area contributed by atoms with E-state index in [9.17, 15) is 14.7 Å². The molecular formula is C24H35N5O3. The lowest BCUT2D eigenvalue weighted by molar-refractivity contribution is -0.136.